The molecule has 21 heavy (non-hydrogen) atoms. The highest BCUT2D eigenvalue weighted by Gasteiger charge is 2.26. The van der Waals surface area contributed by atoms with Crippen LogP contribution in [0.25, 0.3) is 11.0 Å². The lowest BCUT2D eigenvalue weighted by Gasteiger charge is -2.17. The monoisotopic (exact) mass is 288 g/mol. The van der Waals surface area contributed by atoms with Crippen LogP contribution in [0.4, 0.5) is 4.39 Å². The molecule has 0 unspecified atom stereocenters. The third-order valence-corrected chi connectivity index (χ3v) is 3.89. The summed E-state index contributed by atoms with van der Waals surface area (Å²) in [6.45, 7) is 4.73. The summed E-state index contributed by atoms with van der Waals surface area (Å²) < 4.78 is 13.8. The summed E-state index contributed by atoms with van der Waals surface area (Å²) in [6, 6.07) is 2.53. The first kappa shape index (κ1) is 13.9. The minimum Gasteiger partial charge on any atom is -0.337 e. The molecule has 1 amide bonds. The molecule has 3 rings (SSSR count). The normalized spacial score (nSPS) is 18.5. The lowest BCUT2D eigenvalue weighted by molar-refractivity contribution is 0.0792. The van der Waals surface area contributed by atoms with Crippen molar-refractivity contribution < 1.29 is 9.18 Å². The Balaban J connectivity index is 2.13. The Morgan fingerprint density at radius 2 is 2.05 bits per heavy atom. The number of carbonyl (C=O) groups is 1. The molecule has 0 aliphatic carbocycles. The number of nitrogens with zero attached hydrogens (tertiary/aromatic N) is 3. The molecular formula is C15H17FN4O. The minimum absolute atomic E-state index is 0.0103. The third kappa shape index (κ3) is 2.47. The molecule has 2 heterocycles. The van der Waals surface area contributed by atoms with Crippen LogP contribution in [0.15, 0.2) is 12.1 Å². The predicted octanol–water partition coefficient (Wildman–Crippen LogP) is 1.56. The minimum atomic E-state index is -0.480. The van der Waals surface area contributed by atoms with Crippen molar-refractivity contribution in [3.63, 3.8) is 0 Å². The van der Waals surface area contributed by atoms with Gasteiger partial charge in [-0.05, 0) is 26.3 Å². The van der Waals surface area contributed by atoms with Gasteiger partial charge in [-0.3, -0.25) is 4.79 Å². The van der Waals surface area contributed by atoms with Crippen molar-refractivity contribution >= 4 is 16.9 Å². The maximum Gasteiger partial charge on any atom is 0.256 e. The van der Waals surface area contributed by atoms with Crippen LogP contribution < -0.4 is 5.73 Å². The van der Waals surface area contributed by atoms with Crippen LogP contribution in [0.3, 0.4) is 0 Å². The number of aromatic nitrogens is 2. The number of hydrogen-bond acceptors (Lipinski definition) is 4. The molecule has 1 fully saturated rings. The molecule has 0 radical (unpaired) electrons. The molecule has 0 saturated carbocycles. The van der Waals surface area contributed by atoms with Crippen molar-refractivity contribution in [1.82, 2.24) is 14.9 Å². The van der Waals surface area contributed by atoms with Gasteiger partial charge in [0.05, 0.1) is 22.5 Å². The zero-order valence-corrected chi connectivity index (χ0v) is 12.1. The maximum atomic E-state index is 13.8. The second-order valence-electron chi connectivity index (χ2n) is 5.52. The van der Waals surface area contributed by atoms with E-state index in [2.05, 4.69) is 9.97 Å². The van der Waals surface area contributed by atoms with E-state index in [9.17, 15) is 9.18 Å². The summed E-state index contributed by atoms with van der Waals surface area (Å²) in [7, 11) is 0. The number of aryl methyl sites for hydroxylation is 2. The molecule has 6 heteroatoms. The van der Waals surface area contributed by atoms with E-state index in [4.69, 9.17) is 5.73 Å². The molecule has 1 aromatic carbocycles. The fourth-order valence-electron chi connectivity index (χ4n) is 2.60. The van der Waals surface area contributed by atoms with Crippen LogP contribution in [0.1, 0.15) is 28.2 Å². The standard InChI is InChI=1S/C15H17FN4O/c1-8-9(2)19-14-12(5-10(16)6-13(14)18-8)15(21)20-4-3-11(17)7-20/h5-6,11H,3-4,7,17H2,1-2H3/t11-/m1/s1. The number of likely N-dealkylation sites (tertiary alicyclic amines) is 1. The van der Waals surface area contributed by atoms with Crippen molar-refractivity contribution in [2.75, 3.05) is 13.1 Å². The SMILES string of the molecule is Cc1nc2cc(F)cc(C(=O)N3CC[C@@H](N)C3)c2nc1C. The van der Waals surface area contributed by atoms with E-state index in [-0.39, 0.29) is 17.5 Å². The van der Waals surface area contributed by atoms with Gasteiger partial charge in [-0.15, -0.1) is 0 Å². The van der Waals surface area contributed by atoms with Crippen LogP contribution in [-0.4, -0.2) is 39.9 Å². The van der Waals surface area contributed by atoms with Gasteiger partial charge in [0.15, 0.2) is 0 Å². The van der Waals surface area contributed by atoms with Crippen molar-refractivity contribution in [2.24, 2.45) is 5.73 Å². The second-order valence-corrected chi connectivity index (χ2v) is 5.52. The summed E-state index contributed by atoms with van der Waals surface area (Å²) >= 11 is 0. The Kier molecular flexibility index (Phi) is 3.33. The first-order valence-corrected chi connectivity index (χ1v) is 6.95. The van der Waals surface area contributed by atoms with Gasteiger partial charge in [0.25, 0.3) is 5.91 Å². The van der Waals surface area contributed by atoms with E-state index >= 15 is 0 Å². The summed E-state index contributed by atoms with van der Waals surface area (Å²) in [6.07, 6.45) is 0.767. The summed E-state index contributed by atoms with van der Waals surface area (Å²) in [5.41, 5.74) is 8.42. The number of fused-ring (bicyclic) bond motifs is 1. The highest BCUT2D eigenvalue weighted by atomic mass is 19.1. The van der Waals surface area contributed by atoms with Gasteiger partial charge in [0.1, 0.15) is 11.3 Å². The molecule has 1 saturated heterocycles. The fraction of sp³-hybridized carbons (Fsp3) is 0.400. The lowest BCUT2D eigenvalue weighted by atomic mass is 10.1. The predicted molar refractivity (Wildman–Crippen MR) is 77.5 cm³/mol. The van der Waals surface area contributed by atoms with Crippen LogP contribution >= 0.6 is 0 Å². The van der Waals surface area contributed by atoms with Crippen LogP contribution in [-0.2, 0) is 0 Å². The fourth-order valence-corrected chi connectivity index (χ4v) is 2.60. The summed E-state index contributed by atoms with van der Waals surface area (Å²) in [5.74, 6) is -0.711. The van der Waals surface area contributed by atoms with Crippen LogP contribution in [0.5, 0.6) is 0 Å². The Morgan fingerprint density at radius 3 is 2.71 bits per heavy atom. The molecular weight excluding hydrogens is 271 g/mol. The van der Waals surface area contributed by atoms with E-state index < -0.39 is 5.82 Å². The Hall–Kier alpha value is -2.08. The number of halogens is 1. The molecule has 110 valence electrons. The van der Waals surface area contributed by atoms with Gasteiger partial charge in [0.2, 0.25) is 0 Å². The van der Waals surface area contributed by atoms with E-state index in [1.807, 2.05) is 13.8 Å². The van der Waals surface area contributed by atoms with Crippen LogP contribution in [0, 0.1) is 19.7 Å². The Labute approximate surface area is 122 Å². The molecule has 0 spiro atoms. The average Bonchev–Trinajstić information content (AvgIpc) is 2.86. The van der Waals surface area contributed by atoms with Gasteiger partial charge in [-0.25, -0.2) is 14.4 Å². The zero-order chi connectivity index (χ0) is 15.1. The number of rotatable bonds is 1. The molecule has 2 N–H and O–H groups in total. The number of amides is 1. The van der Waals surface area contributed by atoms with Gasteiger partial charge >= 0.3 is 0 Å². The van der Waals surface area contributed by atoms with E-state index in [0.717, 1.165) is 17.8 Å². The maximum absolute atomic E-state index is 13.8. The lowest BCUT2D eigenvalue weighted by Crippen LogP contribution is -2.32. The Morgan fingerprint density at radius 1 is 1.33 bits per heavy atom. The first-order valence-electron chi connectivity index (χ1n) is 6.95. The van der Waals surface area contributed by atoms with Gasteiger partial charge in [0, 0.05) is 25.2 Å². The smallest absolute Gasteiger partial charge is 0.256 e. The zero-order valence-electron chi connectivity index (χ0n) is 12.1. The number of hydrogen-bond donors (Lipinski definition) is 1. The summed E-state index contributed by atoms with van der Waals surface area (Å²) in [5, 5.41) is 0. The van der Waals surface area contributed by atoms with E-state index in [0.29, 0.717) is 24.1 Å². The topological polar surface area (TPSA) is 72.1 Å². The third-order valence-electron chi connectivity index (χ3n) is 3.89. The van der Waals surface area contributed by atoms with Crippen LogP contribution in [0.2, 0.25) is 0 Å². The highest BCUT2D eigenvalue weighted by molar-refractivity contribution is 6.04. The molecule has 1 aliphatic heterocycles. The van der Waals surface area contributed by atoms with Crippen molar-refractivity contribution in [2.45, 2.75) is 26.3 Å². The average molecular weight is 288 g/mol. The molecule has 1 aliphatic rings. The molecule has 1 atom stereocenters. The van der Waals surface area contributed by atoms with E-state index in [1.165, 1.54) is 12.1 Å². The van der Waals surface area contributed by atoms with Gasteiger partial charge < -0.3 is 10.6 Å². The molecule has 5 nitrogen and oxygen atoms in total. The number of carbonyl (C=O) groups excluding carboxylic acids is 1. The van der Waals surface area contributed by atoms with Crippen molar-refractivity contribution in [1.29, 1.82) is 0 Å². The molecule has 1 aromatic heterocycles. The van der Waals surface area contributed by atoms with Gasteiger partial charge in [-0.2, -0.15) is 0 Å². The first-order chi connectivity index (χ1) is 9.95. The largest absolute Gasteiger partial charge is 0.337 e. The number of nitrogens with two attached hydrogens (primary N) is 1. The molecule has 2 aromatic rings. The van der Waals surface area contributed by atoms with E-state index in [1.54, 1.807) is 4.90 Å². The quantitative estimate of drug-likeness (QED) is 0.864. The van der Waals surface area contributed by atoms with Gasteiger partial charge in [-0.1, -0.05) is 0 Å². The number of benzene rings is 1. The highest BCUT2D eigenvalue weighted by Crippen LogP contribution is 2.22. The van der Waals surface area contributed by atoms with Crippen molar-refractivity contribution in [3.05, 3.63) is 34.9 Å². The summed E-state index contributed by atoms with van der Waals surface area (Å²) in [4.78, 5) is 23.0. The second kappa shape index (κ2) is 5.04. The Bertz CT molecular complexity index is 731. The molecule has 0 bridgehead atoms. The van der Waals surface area contributed by atoms with Crippen molar-refractivity contribution in [3.8, 4) is 0 Å².